The summed E-state index contributed by atoms with van der Waals surface area (Å²) in [5.41, 5.74) is 5.67. The number of fused-ring (bicyclic) bond motifs is 1. The van der Waals surface area contributed by atoms with Crippen molar-refractivity contribution in [2.45, 2.75) is 45.6 Å². The van der Waals surface area contributed by atoms with Gasteiger partial charge in [0.1, 0.15) is 0 Å². The number of nitrogens with two attached hydrogens (primary N) is 1. The summed E-state index contributed by atoms with van der Waals surface area (Å²) in [4.78, 5) is 25.7. The molecule has 1 heterocycles. The van der Waals surface area contributed by atoms with E-state index in [4.69, 9.17) is 5.73 Å². The first-order chi connectivity index (χ1) is 8.00. The van der Waals surface area contributed by atoms with Gasteiger partial charge in [-0.05, 0) is 38.5 Å². The predicted molar refractivity (Wildman–Crippen MR) is 65.0 cm³/mol. The SMILES string of the molecule is CC(N)CCCN1C(=O)C2CC(C)CC2C1=O. The van der Waals surface area contributed by atoms with Gasteiger partial charge in [-0.15, -0.1) is 0 Å². The highest BCUT2D eigenvalue weighted by atomic mass is 16.2. The van der Waals surface area contributed by atoms with Crippen LogP contribution >= 0.6 is 0 Å². The van der Waals surface area contributed by atoms with E-state index < -0.39 is 0 Å². The van der Waals surface area contributed by atoms with Crippen LogP contribution in [-0.2, 0) is 9.59 Å². The molecule has 0 radical (unpaired) electrons. The van der Waals surface area contributed by atoms with E-state index in [1.54, 1.807) is 0 Å². The quantitative estimate of drug-likeness (QED) is 0.747. The molecule has 3 unspecified atom stereocenters. The number of nitrogens with zero attached hydrogens (tertiary/aromatic N) is 1. The molecule has 2 aliphatic rings. The topological polar surface area (TPSA) is 63.4 Å². The van der Waals surface area contributed by atoms with Gasteiger partial charge < -0.3 is 5.73 Å². The zero-order valence-electron chi connectivity index (χ0n) is 10.7. The third-order valence-electron chi connectivity index (χ3n) is 4.01. The Bertz CT molecular complexity index is 303. The maximum Gasteiger partial charge on any atom is 0.233 e. The first kappa shape index (κ1) is 12.6. The van der Waals surface area contributed by atoms with Crippen LogP contribution in [0.2, 0.25) is 0 Å². The number of likely N-dealkylation sites (tertiary alicyclic amines) is 1. The average Bonchev–Trinajstić information content (AvgIpc) is 2.72. The Morgan fingerprint density at radius 1 is 1.29 bits per heavy atom. The molecule has 96 valence electrons. The van der Waals surface area contributed by atoms with Gasteiger partial charge in [0.25, 0.3) is 0 Å². The first-order valence-corrected chi connectivity index (χ1v) is 6.61. The van der Waals surface area contributed by atoms with Gasteiger partial charge in [0.2, 0.25) is 11.8 Å². The number of hydrogen-bond donors (Lipinski definition) is 1. The molecule has 1 aliphatic carbocycles. The van der Waals surface area contributed by atoms with Crippen LogP contribution in [0.15, 0.2) is 0 Å². The van der Waals surface area contributed by atoms with Crippen LogP contribution < -0.4 is 5.73 Å². The number of imide groups is 1. The van der Waals surface area contributed by atoms with Crippen molar-refractivity contribution in [3.05, 3.63) is 0 Å². The first-order valence-electron chi connectivity index (χ1n) is 6.61. The normalized spacial score (nSPS) is 34.3. The van der Waals surface area contributed by atoms with Gasteiger partial charge in [-0.2, -0.15) is 0 Å². The molecule has 0 aromatic carbocycles. The number of amides is 2. The molecule has 3 atom stereocenters. The van der Waals surface area contributed by atoms with Crippen molar-refractivity contribution in [2.75, 3.05) is 6.54 Å². The van der Waals surface area contributed by atoms with E-state index in [0.717, 1.165) is 25.7 Å². The van der Waals surface area contributed by atoms with E-state index in [2.05, 4.69) is 6.92 Å². The Morgan fingerprint density at radius 2 is 1.82 bits per heavy atom. The maximum atomic E-state index is 12.1. The molecule has 2 fully saturated rings. The second-order valence-corrected chi connectivity index (χ2v) is 5.74. The molecule has 0 aromatic heterocycles. The second-order valence-electron chi connectivity index (χ2n) is 5.74. The molecule has 2 N–H and O–H groups in total. The van der Waals surface area contributed by atoms with E-state index >= 15 is 0 Å². The summed E-state index contributed by atoms with van der Waals surface area (Å²) in [6, 6.07) is 0.141. The van der Waals surface area contributed by atoms with E-state index in [1.165, 1.54) is 4.90 Å². The van der Waals surface area contributed by atoms with Crippen LogP contribution in [0.25, 0.3) is 0 Å². The van der Waals surface area contributed by atoms with Gasteiger partial charge in [0.05, 0.1) is 11.8 Å². The monoisotopic (exact) mass is 238 g/mol. The zero-order valence-corrected chi connectivity index (χ0v) is 10.7. The molecule has 1 aliphatic heterocycles. The van der Waals surface area contributed by atoms with Gasteiger partial charge in [0, 0.05) is 12.6 Å². The Balaban J connectivity index is 1.93. The van der Waals surface area contributed by atoms with Crippen molar-refractivity contribution < 1.29 is 9.59 Å². The molecule has 1 saturated heterocycles. The standard InChI is InChI=1S/C13H22N2O2/c1-8-6-10-11(7-8)13(17)15(12(10)16)5-3-4-9(2)14/h8-11H,3-7,14H2,1-2H3. The van der Waals surface area contributed by atoms with Crippen molar-refractivity contribution in [1.29, 1.82) is 0 Å². The minimum absolute atomic E-state index is 0.0206. The van der Waals surface area contributed by atoms with Crippen LogP contribution in [0.3, 0.4) is 0 Å². The third-order valence-corrected chi connectivity index (χ3v) is 4.01. The fraction of sp³-hybridized carbons (Fsp3) is 0.846. The van der Waals surface area contributed by atoms with E-state index in [1.807, 2.05) is 6.92 Å². The Morgan fingerprint density at radius 3 is 2.29 bits per heavy atom. The van der Waals surface area contributed by atoms with Crippen LogP contribution in [-0.4, -0.2) is 29.3 Å². The smallest absolute Gasteiger partial charge is 0.233 e. The number of carbonyl (C=O) groups is 2. The molecule has 0 spiro atoms. The highest BCUT2D eigenvalue weighted by molar-refractivity contribution is 6.05. The van der Waals surface area contributed by atoms with Crippen molar-refractivity contribution in [3.8, 4) is 0 Å². The molecule has 0 bridgehead atoms. The summed E-state index contributed by atoms with van der Waals surface area (Å²) in [5.74, 6) is 0.604. The van der Waals surface area contributed by atoms with Crippen LogP contribution in [0.1, 0.15) is 39.5 Å². The van der Waals surface area contributed by atoms with Crippen molar-refractivity contribution in [3.63, 3.8) is 0 Å². The average molecular weight is 238 g/mol. The minimum Gasteiger partial charge on any atom is -0.328 e. The lowest BCUT2D eigenvalue weighted by atomic mass is 10.00. The van der Waals surface area contributed by atoms with Gasteiger partial charge in [-0.3, -0.25) is 14.5 Å². The van der Waals surface area contributed by atoms with Gasteiger partial charge >= 0.3 is 0 Å². The molecule has 4 heteroatoms. The fourth-order valence-corrected chi connectivity index (χ4v) is 3.14. The Hall–Kier alpha value is -0.900. The Kier molecular flexibility index (Phi) is 3.52. The number of hydrogen-bond acceptors (Lipinski definition) is 3. The van der Waals surface area contributed by atoms with Crippen molar-refractivity contribution in [2.24, 2.45) is 23.5 Å². The lowest BCUT2D eigenvalue weighted by molar-refractivity contribution is -0.140. The summed E-state index contributed by atoms with van der Waals surface area (Å²) >= 11 is 0. The summed E-state index contributed by atoms with van der Waals surface area (Å²) < 4.78 is 0. The molecule has 4 nitrogen and oxygen atoms in total. The van der Waals surface area contributed by atoms with Crippen LogP contribution in [0, 0.1) is 17.8 Å². The molecule has 2 rings (SSSR count). The van der Waals surface area contributed by atoms with Gasteiger partial charge in [-0.25, -0.2) is 0 Å². The van der Waals surface area contributed by atoms with Crippen molar-refractivity contribution in [1.82, 2.24) is 4.90 Å². The van der Waals surface area contributed by atoms with E-state index in [9.17, 15) is 9.59 Å². The molecular weight excluding hydrogens is 216 g/mol. The van der Waals surface area contributed by atoms with Crippen LogP contribution in [0.4, 0.5) is 0 Å². The molecule has 2 amide bonds. The summed E-state index contributed by atoms with van der Waals surface area (Å²) in [6.07, 6.45) is 3.46. The second kappa shape index (κ2) is 4.77. The highest BCUT2D eigenvalue weighted by Gasteiger charge is 2.51. The fourth-order valence-electron chi connectivity index (χ4n) is 3.14. The molecular formula is C13H22N2O2. The molecule has 0 aromatic rings. The maximum absolute atomic E-state index is 12.1. The summed E-state index contributed by atoms with van der Waals surface area (Å²) in [5, 5.41) is 0. The lowest BCUT2D eigenvalue weighted by Crippen LogP contribution is -2.33. The van der Waals surface area contributed by atoms with E-state index in [0.29, 0.717) is 12.5 Å². The predicted octanol–water partition coefficient (Wildman–Crippen LogP) is 1.14. The van der Waals surface area contributed by atoms with Gasteiger partial charge in [-0.1, -0.05) is 6.92 Å². The zero-order chi connectivity index (χ0) is 12.6. The number of carbonyl (C=O) groups excluding carboxylic acids is 2. The largest absolute Gasteiger partial charge is 0.328 e. The molecule has 17 heavy (non-hydrogen) atoms. The van der Waals surface area contributed by atoms with Gasteiger partial charge in [0.15, 0.2) is 0 Å². The summed E-state index contributed by atoms with van der Waals surface area (Å²) in [7, 11) is 0. The van der Waals surface area contributed by atoms with E-state index in [-0.39, 0.29) is 29.7 Å². The Labute approximate surface area is 103 Å². The number of rotatable bonds is 4. The van der Waals surface area contributed by atoms with Crippen LogP contribution in [0.5, 0.6) is 0 Å². The minimum atomic E-state index is -0.0206. The lowest BCUT2D eigenvalue weighted by Gasteiger charge is -2.17. The summed E-state index contributed by atoms with van der Waals surface area (Å²) in [6.45, 7) is 4.63. The third kappa shape index (κ3) is 2.37. The highest BCUT2D eigenvalue weighted by Crippen LogP contribution is 2.42. The molecule has 1 saturated carbocycles. The van der Waals surface area contributed by atoms with Crippen molar-refractivity contribution >= 4 is 11.8 Å².